The van der Waals surface area contributed by atoms with Crippen LogP contribution in [-0.2, 0) is 39.9 Å². The molecular weight excluding hydrogens is 436 g/mol. The highest BCUT2D eigenvalue weighted by Gasteiger charge is 2.22. The molecule has 0 fully saturated rings. The van der Waals surface area contributed by atoms with E-state index in [1.54, 1.807) is 30.3 Å². The largest absolute Gasteiger partial charge is 0.357 e. The molecule has 180 valence electrons. The average molecular weight is 464 g/mol. The lowest BCUT2D eigenvalue weighted by Crippen LogP contribution is -2.52. The number of carbonyl (C=O) groups is 6. The number of ether oxygens (including phenoxy) is 1. The minimum atomic E-state index is -1.01. The normalized spacial score (nSPS) is 10.8. The SMILES string of the molecule is CNC(=O)COCNC(=O)CNC(=O)C(Cc1ccccc1)NC(=O)CNC(=O)CNC=O. The fourth-order valence-corrected chi connectivity index (χ4v) is 2.38. The molecule has 0 aliphatic heterocycles. The maximum atomic E-state index is 12.6. The van der Waals surface area contributed by atoms with E-state index in [2.05, 4.69) is 31.9 Å². The van der Waals surface area contributed by atoms with Gasteiger partial charge in [-0.25, -0.2) is 0 Å². The third kappa shape index (κ3) is 12.4. The highest BCUT2D eigenvalue weighted by atomic mass is 16.5. The van der Waals surface area contributed by atoms with E-state index in [1.165, 1.54) is 7.05 Å². The monoisotopic (exact) mass is 464 g/mol. The van der Waals surface area contributed by atoms with Crippen LogP contribution in [0, 0.1) is 0 Å². The molecule has 1 aromatic carbocycles. The number of benzene rings is 1. The number of carbonyl (C=O) groups excluding carboxylic acids is 6. The van der Waals surface area contributed by atoms with E-state index in [0.29, 0.717) is 6.41 Å². The number of nitrogens with one attached hydrogen (secondary N) is 6. The first-order valence-electron chi connectivity index (χ1n) is 9.95. The molecule has 13 nitrogen and oxygen atoms in total. The minimum absolute atomic E-state index is 0.149. The summed E-state index contributed by atoms with van der Waals surface area (Å²) in [4.78, 5) is 69.4. The molecule has 6 amide bonds. The van der Waals surface area contributed by atoms with Crippen molar-refractivity contribution in [2.75, 3.05) is 40.0 Å². The second-order valence-electron chi connectivity index (χ2n) is 6.57. The average Bonchev–Trinajstić information content (AvgIpc) is 2.82. The van der Waals surface area contributed by atoms with Gasteiger partial charge < -0.3 is 36.6 Å². The van der Waals surface area contributed by atoms with E-state index in [4.69, 9.17) is 4.74 Å². The second kappa shape index (κ2) is 15.8. The molecule has 1 atom stereocenters. The highest BCUT2D eigenvalue weighted by Crippen LogP contribution is 2.03. The van der Waals surface area contributed by atoms with Crippen molar-refractivity contribution in [1.82, 2.24) is 31.9 Å². The van der Waals surface area contributed by atoms with E-state index < -0.39 is 36.2 Å². The molecule has 0 bridgehead atoms. The molecule has 0 saturated carbocycles. The van der Waals surface area contributed by atoms with Gasteiger partial charge in [-0.05, 0) is 5.56 Å². The van der Waals surface area contributed by atoms with Crippen LogP contribution in [0.3, 0.4) is 0 Å². The third-order valence-electron chi connectivity index (χ3n) is 4.03. The lowest BCUT2D eigenvalue weighted by Gasteiger charge is -2.19. The van der Waals surface area contributed by atoms with Gasteiger partial charge in [0, 0.05) is 13.5 Å². The van der Waals surface area contributed by atoms with Crippen LogP contribution in [0.15, 0.2) is 30.3 Å². The first kappa shape index (κ1) is 27.0. The fraction of sp³-hybridized carbons (Fsp3) is 0.400. The Morgan fingerprint density at radius 1 is 0.879 bits per heavy atom. The fourth-order valence-electron chi connectivity index (χ4n) is 2.38. The summed E-state index contributed by atoms with van der Waals surface area (Å²) in [7, 11) is 1.45. The molecule has 13 heteroatoms. The van der Waals surface area contributed by atoms with Gasteiger partial charge in [0.05, 0.1) is 19.6 Å². The van der Waals surface area contributed by atoms with Crippen molar-refractivity contribution in [2.24, 2.45) is 0 Å². The van der Waals surface area contributed by atoms with Crippen LogP contribution in [0.1, 0.15) is 5.56 Å². The van der Waals surface area contributed by atoms with Crippen LogP contribution < -0.4 is 31.9 Å². The first-order chi connectivity index (χ1) is 15.8. The van der Waals surface area contributed by atoms with Gasteiger partial charge in [-0.15, -0.1) is 0 Å². The van der Waals surface area contributed by atoms with Crippen molar-refractivity contribution in [2.45, 2.75) is 12.5 Å². The van der Waals surface area contributed by atoms with Gasteiger partial charge in [0.15, 0.2) is 0 Å². The molecule has 0 saturated heterocycles. The number of likely N-dealkylation sites (N-methyl/N-ethyl adjacent to an activating group) is 1. The Kier molecular flexibility index (Phi) is 12.9. The summed E-state index contributed by atoms with van der Waals surface area (Å²) < 4.78 is 4.94. The minimum Gasteiger partial charge on any atom is -0.357 e. The van der Waals surface area contributed by atoms with Crippen molar-refractivity contribution >= 4 is 35.9 Å². The maximum Gasteiger partial charge on any atom is 0.245 e. The Balaban J connectivity index is 2.56. The number of hydrogen-bond donors (Lipinski definition) is 6. The van der Waals surface area contributed by atoms with E-state index in [-0.39, 0.29) is 38.8 Å². The van der Waals surface area contributed by atoms with Gasteiger partial charge in [0.2, 0.25) is 35.9 Å². The van der Waals surface area contributed by atoms with Crippen molar-refractivity contribution < 1.29 is 33.5 Å². The van der Waals surface area contributed by atoms with Crippen molar-refractivity contribution in [3.8, 4) is 0 Å². The van der Waals surface area contributed by atoms with Gasteiger partial charge in [0.25, 0.3) is 0 Å². The predicted molar refractivity (Wildman–Crippen MR) is 115 cm³/mol. The van der Waals surface area contributed by atoms with E-state index >= 15 is 0 Å². The Labute approximate surface area is 190 Å². The zero-order valence-electron chi connectivity index (χ0n) is 18.1. The van der Waals surface area contributed by atoms with Gasteiger partial charge in [-0.3, -0.25) is 28.8 Å². The Hall–Kier alpha value is -4.00. The maximum absolute atomic E-state index is 12.6. The van der Waals surface area contributed by atoms with Crippen molar-refractivity contribution in [1.29, 1.82) is 0 Å². The first-order valence-corrected chi connectivity index (χ1v) is 9.95. The Morgan fingerprint density at radius 2 is 1.55 bits per heavy atom. The zero-order valence-corrected chi connectivity index (χ0v) is 18.1. The van der Waals surface area contributed by atoms with Gasteiger partial charge in [0.1, 0.15) is 19.4 Å². The van der Waals surface area contributed by atoms with Crippen LogP contribution in [0.25, 0.3) is 0 Å². The van der Waals surface area contributed by atoms with Gasteiger partial charge in [-0.1, -0.05) is 30.3 Å². The van der Waals surface area contributed by atoms with E-state index in [1.807, 2.05) is 0 Å². The van der Waals surface area contributed by atoms with E-state index in [9.17, 15) is 28.8 Å². The molecule has 0 aliphatic carbocycles. The summed E-state index contributed by atoms with van der Waals surface area (Å²) in [5.41, 5.74) is 0.768. The molecule has 6 N–H and O–H groups in total. The standard InChI is InChI=1S/C20H28N6O7/c1-21-19(31)11-33-13-25-17(29)9-24-20(32)15(7-14-5-3-2-4-6-14)26-18(30)10-23-16(28)8-22-12-27/h2-6,12,15H,7-11,13H2,1H3,(H,21,31)(H,22,27)(H,23,28)(H,24,32)(H,25,29)(H,26,30). The number of rotatable bonds is 15. The quantitative estimate of drug-likeness (QED) is 0.0884. The second-order valence-corrected chi connectivity index (χ2v) is 6.57. The molecular formula is C20H28N6O7. The summed E-state index contributed by atoms with van der Waals surface area (Å²) in [6, 6.07) is 7.89. The van der Waals surface area contributed by atoms with Crippen LogP contribution in [0.4, 0.5) is 0 Å². The van der Waals surface area contributed by atoms with Gasteiger partial charge >= 0.3 is 0 Å². The summed E-state index contributed by atoms with van der Waals surface area (Å²) in [5, 5.41) is 14.1. The molecule has 0 radical (unpaired) electrons. The lowest BCUT2D eigenvalue weighted by molar-refractivity contribution is -0.131. The Bertz CT molecular complexity index is 818. The summed E-state index contributed by atoms with van der Waals surface area (Å²) in [6.07, 6.45) is 0.500. The summed E-state index contributed by atoms with van der Waals surface area (Å²) in [5.74, 6) is -2.72. The third-order valence-corrected chi connectivity index (χ3v) is 4.03. The molecule has 1 unspecified atom stereocenters. The van der Waals surface area contributed by atoms with Crippen LogP contribution in [0.2, 0.25) is 0 Å². The van der Waals surface area contributed by atoms with Crippen LogP contribution in [-0.4, -0.2) is 82.0 Å². The van der Waals surface area contributed by atoms with Crippen LogP contribution in [0.5, 0.6) is 0 Å². The highest BCUT2D eigenvalue weighted by molar-refractivity contribution is 5.92. The Morgan fingerprint density at radius 3 is 2.21 bits per heavy atom. The topological polar surface area (TPSA) is 184 Å². The molecule has 0 heterocycles. The molecule has 0 aliphatic rings. The molecule has 0 spiro atoms. The molecule has 1 aromatic rings. The zero-order chi connectivity index (χ0) is 24.5. The number of hydrogen-bond acceptors (Lipinski definition) is 7. The van der Waals surface area contributed by atoms with Crippen LogP contribution >= 0.6 is 0 Å². The van der Waals surface area contributed by atoms with Crippen molar-refractivity contribution in [3.05, 3.63) is 35.9 Å². The molecule has 33 heavy (non-hydrogen) atoms. The smallest absolute Gasteiger partial charge is 0.245 e. The molecule has 1 rings (SSSR count). The number of amides is 6. The summed E-state index contributed by atoms with van der Waals surface area (Å²) >= 11 is 0. The van der Waals surface area contributed by atoms with Gasteiger partial charge in [-0.2, -0.15) is 0 Å². The van der Waals surface area contributed by atoms with E-state index in [0.717, 1.165) is 5.56 Å². The summed E-state index contributed by atoms with van der Waals surface area (Å²) in [6.45, 7) is -1.51. The predicted octanol–water partition coefficient (Wildman–Crippen LogP) is -3.47. The molecule has 0 aromatic heterocycles. The lowest BCUT2D eigenvalue weighted by atomic mass is 10.1. The van der Waals surface area contributed by atoms with Crippen molar-refractivity contribution in [3.63, 3.8) is 0 Å².